The first-order chi connectivity index (χ1) is 16.7. The van der Waals surface area contributed by atoms with Crippen molar-refractivity contribution in [3.05, 3.63) is 59.7 Å². The Balaban J connectivity index is 1.39. The van der Waals surface area contributed by atoms with Crippen molar-refractivity contribution < 1.29 is 24.2 Å². The SMILES string of the molecule is CC(C)[C@@H](CC(=O)O)NC(=O)CC(C)(NC(=O)OCC1c2ccccc2-c2ccccc21)C1CC1. The molecule has 2 atom stereocenters. The number of carbonyl (C=O) groups is 3. The Hall–Kier alpha value is -3.35. The van der Waals surface area contributed by atoms with Gasteiger partial charge in [0.05, 0.1) is 12.0 Å². The number of carboxylic acids is 1. The molecular formula is C28H34N2O5. The number of alkyl carbamates (subject to hydrolysis) is 1. The molecule has 0 radical (unpaired) electrons. The molecule has 4 rings (SSSR count). The fourth-order valence-corrected chi connectivity index (χ4v) is 5.11. The van der Waals surface area contributed by atoms with E-state index in [0.29, 0.717) is 0 Å². The first-order valence-corrected chi connectivity index (χ1v) is 12.3. The van der Waals surface area contributed by atoms with Gasteiger partial charge in [-0.25, -0.2) is 4.79 Å². The Kier molecular flexibility index (Phi) is 7.15. The number of aliphatic carboxylic acids is 1. The van der Waals surface area contributed by atoms with Gasteiger partial charge in [-0.05, 0) is 53.9 Å². The van der Waals surface area contributed by atoms with Crippen LogP contribution in [0.3, 0.4) is 0 Å². The molecule has 7 heteroatoms. The molecule has 2 amide bonds. The number of amides is 2. The minimum Gasteiger partial charge on any atom is -0.481 e. The number of hydrogen-bond acceptors (Lipinski definition) is 4. The van der Waals surface area contributed by atoms with E-state index in [1.807, 2.05) is 45.0 Å². The Morgan fingerprint density at radius 1 is 1.03 bits per heavy atom. The normalized spacial score (nSPS) is 17.1. The lowest BCUT2D eigenvalue weighted by molar-refractivity contribution is -0.138. The number of hydrogen-bond donors (Lipinski definition) is 3. The van der Waals surface area contributed by atoms with E-state index < -0.39 is 23.6 Å². The maximum Gasteiger partial charge on any atom is 0.407 e. The number of rotatable bonds is 10. The molecule has 0 aromatic heterocycles. The molecule has 0 heterocycles. The van der Waals surface area contributed by atoms with E-state index in [2.05, 4.69) is 34.9 Å². The maximum atomic E-state index is 12.9. The number of benzene rings is 2. The predicted molar refractivity (Wildman–Crippen MR) is 133 cm³/mol. The number of ether oxygens (including phenoxy) is 1. The molecule has 0 saturated heterocycles. The van der Waals surface area contributed by atoms with Crippen LogP contribution in [-0.4, -0.2) is 41.3 Å². The third kappa shape index (κ3) is 5.66. The predicted octanol–water partition coefficient (Wildman–Crippen LogP) is 4.70. The van der Waals surface area contributed by atoms with E-state index in [1.165, 1.54) is 0 Å². The average Bonchev–Trinajstić information content (AvgIpc) is 3.61. The Morgan fingerprint density at radius 3 is 2.11 bits per heavy atom. The lowest BCUT2D eigenvalue weighted by Gasteiger charge is -2.31. The van der Waals surface area contributed by atoms with Gasteiger partial charge in [-0.3, -0.25) is 9.59 Å². The summed E-state index contributed by atoms with van der Waals surface area (Å²) in [6.07, 6.45) is 1.25. The standard InChI is InChI=1S/C28H34N2O5/c1-17(2)24(14-26(32)33)29-25(31)15-28(3,18-12-13-18)30-27(34)35-16-23-21-10-6-4-8-19(21)20-9-5-7-11-22(20)23/h4-11,17-18,23-24H,12-16H2,1-3H3,(H,29,31)(H,30,34)(H,32,33)/t24-,28?/m1/s1. The molecule has 0 spiro atoms. The Morgan fingerprint density at radius 2 is 1.60 bits per heavy atom. The zero-order valence-corrected chi connectivity index (χ0v) is 20.5. The second-order valence-electron chi connectivity index (χ2n) is 10.3. The van der Waals surface area contributed by atoms with Crippen molar-refractivity contribution >= 4 is 18.0 Å². The summed E-state index contributed by atoms with van der Waals surface area (Å²) in [6.45, 7) is 5.83. The number of carboxylic acid groups (broad SMARTS) is 1. The van der Waals surface area contributed by atoms with Gasteiger partial charge in [-0.15, -0.1) is 0 Å². The summed E-state index contributed by atoms with van der Waals surface area (Å²) < 4.78 is 5.71. The highest BCUT2D eigenvalue weighted by Gasteiger charge is 2.45. The van der Waals surface area contributed by atoms with Crippen molar-refractivity contribution in [3.63, 3.8) is 0 Å². The topological polar surface area (TPSA) is 105 Å². The fraction of sp³-hybridized carbons (Fsp3) is 0.464. The second kappa shape index (κ2) is 10.1. The number of carbonyl (C=O) groups excluding carboxylic acids is 2. The lowest BCUT2D eigenvalue weighted by atomic mass is 9.90. The zero-order chi connectivity index (χ0) is 25.2. The van der Waals surface area contributed by atoms with Gasteiger partial charge in [-0.1, -0.05) is 62.4 Å². The summed E-state index contributed by atoms with van der Waals surface area (Å²) in [6, 6.07) is 15.9. The Labute approximate surface area is 206 Å². The van der Waals surface area contributed by atoms with Crippen LogP contribution >= 0.6 is 0 Å². The van der Waals surface area contributed by atoms with Crippen LogP contribution in [0.25, 0.3) is 11.1 Å². The van der Waals surface area contributed by atoms with Crippen LogP contribution in [0.4, 0.5) is 4.79 Å². The molecule has 1 saturated carbocycles. The average molecular weight is 479 g/mol. The minimum atomic E-state index is -0.953. The van der Waals surface area contributed by atoms with Gasteiger partial charge < -0.3 is 20.5 Å². The smallest absolute Gasteiger partial charge is 0.407 e. The third-order valence-corrected chi connectivity index (χ3v) is 7.28. The van der Waals surface area contributed by atoms with E-state index in [4.69, 9.17) is 9.84 Å². The van der Waals surface area contributed by atoms with Gasteiger partial charge >= 0.3 is 12.1 Å². The molecule has 1 unspecified atom stereocenters. The monoisotopic (exact) mass is 478 g/mol. The summed E-state index contributed by atoms with van der Waals surface area (Å²) in [5.74, 6) is -1.08. The zero-order valence-electron chi connectivity index (χ0n) is 20.5. The summed E-state index contributed by atoms with van der Waals surface area (Å²) in [5, 5.41) is 15.0. The van der Waals surface area contributed by atoms with Crippen molar-refractivity contribution in [2.75, 3.05) is 6.61 Å². The van der Waals surface area contributed by atoms with Crippen molar-refractivity contribution in [2.24, 2.45) is 11.8 Å². The molecule has 1 fully saturated rings. The summed E-state index contributed by atoms with van der Waals surface area (Å²) in [4.78, 5) is 36.9. The van der Waals surface area contributed by atoms with E-state index >= 15 is 0 Å². The van der Waals surface area contributed by atoms with E-state index in [0.717, 1.165) is 35.1 Å². The van der Waals surface area contributed by atoms with Crippen molar-refractivity contribution in [3.8, 4) is 11.1 Å². The van der Waals surface area contributed by atoms with Crippen LogP contribution in [-0.2, 0) is 14.3 Å². The molecule has 2 aliphatic carbocycles. The molecule has 7 nitrogen and oxygen atoms in total. The minimum absolute atomic E-state index is 0.0164. The summed E-state index contributed by atoms with van der Waals surface area (Å²) in [7, 11) is 0. The molecule has 2 aliphatic rings. The molecular weight excluding hydrogens is 444 g/mol. The van der Waals surface area contributed by atoms with Crippen LogP contribution in [0.1, 0.15) is 63.5 Å². The number of nitrogens with one attached hydrogen (secondary N) is 2. The largest absolute Gasteiger partial charge is 0.481 e. The van der Waals surface area contributed by atoms with Gasteiger partial charge in [0.25, 0.3) is 0 Å². The highest BCUT2D eigenvalue weighted by molar-refractivity contribution is 5.81. The van der Waals surface area contributed by atoms with E-state index in [9.17, 15) is 14.4 Å². The third-order valence-electron chi connectivity index (χ3n) is 7.28. The van der Waals surface area contributed by atoms with Crippen molar-refractivity contribution in [2.45, 2.75) is 64.0 Å². The summed E-state index contributed by atoms with van der Waals surface area (Å²) in [5.41, 5.74) is 3.86. The van der Waals surface area contributed by atoms with Crippen LogP contribution in [0.5, 0.6) is 0 Å². The van der Waals surface area contributed by atoms with Gasteiger partial charge in [-0.2, -0.15) is 0 Å². The molecule has 3 N–H and O–H groups in total. The van der Waals surface area contributed by atoms with Crippen molar-refractivity contribution in [1.82, 2.24) is 10.6 Å². The quantitative estimate of drug-likeness (QED) is 0.459. The van der Waals surface area contributed by atoms with Crippen LogP contribution in [0.2, 0.25) is 0 Å². The van der Waals surface area contributed by atoms with Gasteiger partial charge in [0, 0.05) is 18.4 Å². The molecule has 2 aromatic rings. The van der Waals surface area contributed by atoms with Crippen LogP contribution < -0.4 is 10.6 Å². The van der Waals surface area contributed by atoms with Crippen molar-refractivity contribution in [1.29, 1.82) is 0 Å². The summed E-state index contributed by atoms with van der Waals surface area (Å²) >= 11 is 0. The van der Waals surface area contributed by atoms with Gasteiger partial charge in [0.15, 0.2) is 0 Å². The molecule has 35 heavy (non-hydrogen) atoms. The van der Waals surface area contributed by atoms with E-state index in [-0.39, 0.29) is 43.1 Å². The van der Waals surface area contributed by atoms with E-state index in [1.54, 1.807) is 0 Å². The van der Waals surface area contributed by atoms with Crippen LogP contribution in [0.15, 0.2) is 48.5 Å². The maximum absolute atomic E-state index is 12.9. The molecule has 186 valence electrons. The molecule has 0 aliphatic heterocycles. The second-order valence-corrected chi connectivity index (χ2v) is 10.3. The van der Waals surface area contributed by atoms with Gasteiger partial charge in [0.1, 0.15) is 6.61 Å². The fourth-order valence-electron chi connectivity index (χ4n) is 5.11. The highest BCUT2D eigenvalue weighted by atomic mass is 16.5. The van der Waals surface area contributed by atoms with Crippen LogP contribution in [0, 0.1) is 11.8 Å². The lowest BCUT2D eigenvalue weighted by Crippen LogP contribution is -2.52. The first-order valence-electron chi connectivity index (χ1n) is 12.3. The Bertz CT molecular complexity index is 1060. The van der Waals surface area contributed by atoms with Gasteiger partial charge in [0.2, 0.25) is 5.91 Å². The molecule has 0 bridgehead atoms. The molecule has 2 aromatic carbocycles. The highest BCUT2D eigenvalue weighted by Crippen LogP contribution is 2.45. The number of fused-ring (bicyclic) bond motifs is 3. The first kappa shape index (κ1) is 24.8.